The van der Waals surface area contributed by atoms with Gasteiger partial charge in [0, 0.05) is 0 Å². The van der Waals surface area contributed by atoms with E-state index < -0.39 is 5.97 Å². The topological polar surface area (TPSA) is 76.7 Å². The summed E-state index contributed by atoms with van der Waals surface area (Å²) in [5.74, 6) is -0.846. The Morgan fingerprint density at radius 2 is 2.40 bits per heavy atom. The molecule has 0 radical (unpaired) electrons. The number of aromatic nitrogens is 3. The van der Waals surface area contributed by atoms with Crippen molar-refractivity contribution >= 4 is 23.2 Å². The van der Waals surface area contributed by atoms with Crippen LogP contribution in [0.4, 0.5) is 0 Å². The second-order valence-corrected chi connectivity index (χ2v) is 3.07. The lowest BCUT2D eigenvalue weighted by Crippen LogP contribution is -1.97. The van der Waals surface area contributed by atoms with Crippen LogP contribution in [0.5, 0.6) is 5.88 Å². The molecule has 0 saturated heterocycles. The highest BCUT2D eigenvalue weighted by atomic mass is 35.5. The minimum Gasteiger partial charge on any atom is -0.480 e. The fraction of sp³-hybridized carbons (Fsp3) is 0.125. The second-order valence-electron chi connectivity index (χ2n) is 2.71. The van der Waals surface area contributed by atoms with E-state index in [9.17, 15) is 4.79 Å². The van der Waals surface area contributed by atoms with Crippen molar-refractivity contribution < 1.29 is 14.6 Å². The summed E-state index contributed by atoms with van der Waals surface area (Å²) in [4.78, 5) is 18.4. The van der Waals surface area contributed by atoms with Crippen LogP contribution >= 0.6 is 11.6 Å². The Kier molecular flexibility index (Phi) is 2.20. The highest BCUT2D eigenvalue weighted by molar-refractivity contribution is 6.32. The van der Waals surface area contributed by atoms with Gasteiger partial charge in [0.2, 0.25) is 5.88 Å². The predicted molar refractivity (Wildman–Crippen MR) is 51.5 cm³/mol. The van der Waals surface area contributed by atoms with Crippen molar-refractivity contribution in [2.75, 3.05) is 7.11 Å². The van der Waals surface area contributed by atoms with Crippen LogP contribution in [0.2, 0.25) is 5.15 Å². The molecule has 0 aliphatic heterocycles. The van der Waals surface area contributed by atoms with Crippen molar-refractivity contribution in [1.29, 1.82) is 0 Å². The lowest BCUT2D eigenvalue weighted by molar-refractivity contribution is 0.0691. The average molecular weight is 228 g/mol. The van der Waals surface area contributed by atoms with Gasteiger partial charge in [-0.25, -0.2) is 14.8 Å². The van der Waals surface area contributed by atoms with Crippen molar-refractivity contribution in [3.8, 4) is 5.88 Å². The summed E-state index contributed by atoms with van der Waals surface area (Å²) < 4.78 is 6.28. The summed E-state index contributed by atoms with van der Waals surface area (Å²) in [6.45, 7) is 0. The fourth-order valence-corrected chi connectivity index (χ4v) is 1.41. The number of carboxylic acid groups (broad SMARTS) is 1. The number of aromatic carboxylic acids is 1. The summed E-state index contributed by atoms with van der Waals surface area (Å²) >= 11 is 5.82. The molecule has 2 rings (SSSR count). The minimum atomic E-state index is -1.18. The molecule has 0 bridgehead atoms. The van der Waals surface area contributed by atoms with E-state index in [1.165, 1.54) is 23.9 Å². The normalized spacial score (nSPS) is 10.5. The number of rotatable bonds is 2. The van der Waals surface area contributed by atoms with Gasteiger partial charge in [-0.05, 0) is 0 Å². The fourth-order valence-electron chi connectivity index (χ4n) is 1.15. The first kappa shape index (κ1) is 9.72. The number of imidazole rings is 1. The van der Waals surface area contributed by atoms with Crippen LogP contribution in [0.15, 0.2) is 12.4 Å². The Bertz CT molecular complexity index is 537. The molecule has 0 fully saturated rings. The van der Waals surface area contributed by atoms with Crippen LogP contribution in [0.3, 0.4) is 0 Å². The largest absolute Gasteiger partial charge is 0.480 e. The molecular weight excluding hydrogens is 222 g/mol. The molecule has 2 aromatic rings. The zero-order chi connectivity index (χ0) is 11.0. The van der Waals surface area contributed by atoms with E-state index in [1.54, 1.807) is 0 Å². The van der Waals surface area contributed by atoms with Gasteiger partial charge in [-0.2, -0.15) is 0 Å². The van der Waals surface area contributed by atoms with E-state index in [-0.39, 0.29) is 10.8 Å². The Hall–Kier alpha value is -1.82. The van der Waals surface area contributed by atoms with Crippen LogP contribution in [0.1, 0.15) is 10.5 Å². The van der Waals surface area contributed by atoms with E-state index in [4.69, 9.17) is 21.4 Å². The van der Waals surface area contributed by atoms with Crippen LogP contribution in [-0.4, -0.2) is 32.6 Å². The molecule has 0 aliphatic carbocycles. The number of methoxy groups -OCH3 is 1. The van der Waals surface area contributed by atoms with Crippen molar-refractivity contribution in [1.82, 2.24) is 14.4 Å². The van der Waals surface area contributed by atoms with Gasteiger partial charge in [0.05, 0.1) is 19.5 Å². The first-order valence-electron chi connectivity index (χ1n) is 3.94. The van der Waals surface area contributed by atoms with Crippen molar-refractivity contribution in [2.45, 2.75) is 0 Å². The van der Waals surface area contributed by atoms with E-state index in [0.29, 0.717) is 11.5 Å². The van der Waals surface area contributed by atoms with E-state index in [1.807, 2.05) is 0 Å². The highest BCUT2D eigenvalue weighted by Gasteiger charge is 2.16. The maximum Gasteiger partial charge on any atom is 0.357 e. The number of carboxylic acids is 1. The van der Waals surface area contributed by atoms with Crippen LogP contribution in [0.25, 0.3) is 5.65 Å². The lowest BCUT2D eigenvalue weighted by atomic mass is 10.5. The SMILES string of the molecule is COc1cn2c(Cl)c(C(=O)O)nc2cn1. The molecule has 2 aromatic heterocycles. The van der Waals surface area contributed by atoms with Crippen LogP contribution in [-0.2, 0) is 0 Å². The van der Waals surface area contributed by atoms with Gasteiger partial charge in [-0.1, -0.05) is 11.6 Å². The van der Waals surface area contributed by atoms with Crippen molar-refractivity contribution in [3.63, 3.8) is 0 Å². The first-order valence-corrected chi connectivity index (χ1v) is 4.32. The zero-order valence-electron chi connectivity index (χ0n) is 7.64. The van der Waals surface area contributed by atoms with Crippen molar-refractivity contribution in [2.24, 2.45) is 0 Å². The number of nitrogens with zero attached hydrogens (tertiary/aromatic N) is 3. The zero-order valence-corrected chi connectivity index (χ0v) is 8.39. The molecule has 0 spiro atoms. The van der Waals surface area contributed by atoms with Gasteiger partial charge in [-0.3, -0.25) is 4.40 Å². The molecule has 6 nitrogen and oxygen atoms in total. The number of halogens is 1. The molecule has 0 saturated carbocycles. The molecule has 0 atom stereocenters. The number of fused-ring (bicyclic) bond motifs is 1. The Labute approximate surface area is 89.1 Å². The standard InChI is InChI=1S/C8H6ClN3O3/c1-15-5-3-12-4(2-10-5)11-6(7(12)9)8(13)14/h2-3H,1H3,(H,13,14). The maximum absolute atomic E-state index is 10.7. The lowest BCUT2D eigenvalue weighted by Gasteiger charge is -1.98. The summed E-state index contributed by atoms with van der Waals surface area (Å²) in [5.41, 5.74) is 0.157. The number of hydrogen-bond donors (Lipinski definition) is 1. The van der Waals surface area contributed by atoms with E-state index in [2.05, 4.69) is 9.97 Å². The molecule has 0 aromatic carbocycles. The summed E-state index contributed by atoms with van der Waals surface area (Å²) in [6, 6.07) is 0. The highest BCUT2D eigenvalue weighted by Crippen LogP contribution is 2.19. The molecule has 15 heavy (non-hydrogen) atoms. The molecule has 0 aliphatic rings. The van der Waals surface area contributed by atoms with Gasteiger partial charge >= 0.3 is 5.97 Å². The predicted octanol–water partition coefficient (Wildman–Crippen LogP) is 1.09. The summed E-state index contributed by atoms with van der Waals surface area (Å²) in [5, 5.41) is 8.81. The number of ether oxygens (including phenoxy) is 1. The van der Waals surface area contributed by atoms with Gasteiger partial charge in [0.1, 0.15) is 5.15 Å². The monoisotopic (exact) mass is 227 g/mol. The molecule has 1 N–H and O–H groups in total. The Morgan fingerprint density at radius 1 is 1.67 bits per heavy atom. The first-order chi connectivity index (χ1) is 7.13. The Morgan fingerprint density at radius 3 is 3.00 bits per heavy atom. The van der Waals surface area contributed by atoms with E-state index in [0.717, 1.165) is 0 Å². The van der Waals surface area contributed by atoms with Gasteiger partial charge in [-0.15, -0.1) is 0 Å². The molecule has 78 valence electrons. The molecule has 7 heteroatoms. The summed E-state index contributed by atoms with van der Waals surface area (Å²) in [7, 11) is 1.46. The minimum absolute atomic E-state index is 0.0261. The molecule has 0 amide bonds. The number of carbonyl (C=O) groups is 1. The second kappa shape index (κ2) is 3.39. The van der Waals surface area contributed by atoms with Gasteiger partial charge in [0.25, 0.3) is 0 Å². The quantitative estimate of drug-likeness (QED) is 0.831. The third kappa shape index (κ3) is 1.48. The van der Waals surface area contributed by atoms with Crippen LogP contribution in [0, 0.1) is 0 Å². The third-order valence-electron chi connectivity index (χ3n) is 1.84. The Balaban J connectivity index is 2.72. The van der Waals surface area contributed by atoms with Gasteiger partial charge < -0.3 is 9.84 Å². The van der Waals surface area contributed by atoms with E-state index >= 15 is 0 Å². The smallest absolute Gasteiger partial charge is 0.357 e. The number of hydrogen-bond acceptors (Lipinski definition) is 4. The van der Waals surface area contributed by atoms with Gasteiger partial charge in [0.15, 0.2) is 11.3 Å². The molecular formula is C8H6ClN3O3. The van der Waals surface area contributed by atoms with Crippen molar-refractivity contribution in [3.05, 3.63) is 23.2 Å². The average Bonchev–Trinajstić information content (AvgIpc) is 2.56. The molecule has 2 heterocycles. The molecule has 0 unspecified atom stereocenters. The van der Waals surface area contributed by atoms with Crippen LogP contribution < -0.4 is 4.74 Å². The third-order valence-corrected chi connectivity index (χ3v) is 2.20. The maximum atomic E-state index is 10.7. The summed E-state index contributed by atoms with van der Waals surface area (Å²) in [6.07, 6.45) is 2.86.